The zero-order valence-electron chi connectivity index (χ0n) is 17.0. The predicted octanol–water partition coefficient (Wildman–Crippen LogP) is 3.39. The van der Waals surface area contributed by atoms with Gasteiger partial charge in [0.1, 0.15) is 30.0 Å². The molecule has 2 aromatic rings. The first-order chi connectivity index (χ1) is 14.3. The van der Waals surface area contributed by atoms with Crippen LogP contribution >= 0.6 is 0 Å². The van der Waals surface area contributed by atoms with Gasteiger partial charge in [-0.15, -0.1) is 0 Å². The molecule has 0 radical (unpaired) electrons. The molecule has 0 fully saturated rings. The van der Waals surface area contributed by atoms with Crippen molar-refractivity contribution in [1.82, 2.24) is 10.6 Å². The van der Waals surface area contributed by atoms with Gasteiger partial charge in [0.05, 0.1) is 17.7 Å². The Morgan fingerprint density at radius 3 is 2.17 bits per heavy atom. The molecule has 0 aliphatic heterocycles. The van der Waals surface area contributed by atoms with Crippen molar-refractivity contribution >= 4 is 12.0 Å². The second kappa shape index (κ2) is 10.8. The number of nitrogens with zero attached hydrogens (tertiary/aromatic N) is 1. The summed E-state index contributed by atoms with van der Waals surface area (Å²) in [6.07, 6.45) is -0.808. The number of halogens is 1. The molecule has 0 aromatic heterocycles. The van der Waals surface area contributed by atoms with Gasteiger partial charge in [0, 0.05) is 0 Å². The maximum absolute atomic E-state index is 12.9. The number of nitrogens with one attached hydrogen (secondary N) is 2. The van der Waals surface area contributed by atoms with Gasteiger partial charge in [0.15, 0.2) is 0 Å². The molecule has 0 aliphatic carbocycles. The van der Waals surface area contributed by atoms with E-state index in [1.807, 2.05) is 6.07 Å². The van der Waals surface area contributed by atoms with Crippen molar-refractivity contribution in [3.63, 3.8) is 0 Å². The van der Waals surface area contributed by atoms with Crippen molar-refractivity contribution in [3.8, 4) is 17.6 Å². The number of rotatable bonds is 8. The van der Waals surface area contributed by atoms with Crippen LogP contribution in [0.4, 0.5) is 9.18 Å². The molecule has 1 unspecified atom stereocenters. The molecule has 2 rings (SSSR count). The smallest absolute Gasteiger partial charge is 0.413 e. The lowest BCUT2D eigenvalue weighted by atomic mass is 10.0. The Balaban J connectivity index is 1.86. The molecule has 2 aromatic carbocycles. The minimum absolute atomic E-state index is 0.168. The third-order valence-corrected chi connectivity index (χ3v) is 4.12. The van der Waals surface area contributed by atoms with Crippen LogP contribution in [-0.2, 0) is 4.79 Å². The van der Waals surface area contributed by atoms with Gasteiger partial charge in [-0.3, -0.25) is 4.79 Å². The summed E-state index contributed by atoms with van der Waals surface area (Å²) < 4.78 is 23.6. The maximum Gasteiger partial charge on any atom is 0.413 e. The van der Waals surface area contributed by atoms with E-state index < -0.39 is 18.0 Å². The van der Waals surface area contributed by atoms with Crippen molar-refractivity contribution in [2.45, 2.75) is 32.9 Å². The second-order valence-corrected chi connectivity index (χ2v) is 7.07. The number of ether oxygens (including phenoxy) is 2. The SMILES string of the molecule is CC(COc1ccc(C#N)cc1)NC(=O)[C@@H](NC(=O)Oc1ccc(F)cc1)C(C)C. The highest BCUT2D eigenvalue weighted by atomic mass is 19.1. The van der Waals surface area contributed by atoms with Crippen LogP contribution in [0.2, 0.25) is 0 Å². The van der Waals surface area contributed by atoms with E-state index in [9.17, 15) is 14.0 Å². The van der Waals surface area contributed by atoms with E-state index in [2.05, 4.69) is 10.6 Å². The van der Waals surface area contributed by atoms with Gasteiger partial charge in [-0.25, -0.2) is 9.18 Å². The third kappa shape index (κ3) is 7.09. The molecule has 0 saturated heterocycles. The molecule has 2 atom stereocenters. The molecule has 0 saturated carbocycles. The van der Waals surface area contributed by atoms with Crippen LogP contribution in [0.25, 0.3) is 0 Å². The second-order valence-electron chi connectivity index (χ2n) is 7.07. The minimum atomic E-state index is -0.824. The van der Waals surface area contributed by atoms with E-state index in [0.717, 1.165) is 0 Å². The van der Waals surface area contributed by atoms with Crippen LogP contribution in [0.1, 0.15) is 26.3 Å². The zero-order chi connectivity index (χ0) is 22.1. The first-order valence-corrected chi connectivity index (χ1v) is 9.45. The first kappa shape index (κ1) is 22.7. The molecule has 0 heterocycles. The van der Waals surface area contributed by atoms with Crippen molar-refractivity contribution in [1.29, 1.82) is 5.26 Å². The molecule has 2 amide bonds. The predicted molar refractivity (Wildman–Crippen MR) is 108 cm³/mol. The van der Waals surface area contributed by atoms with Gasteiger partial charge in [-0.05, 0) is 61.4 Å². The van der Waals surface area contributed by atoms with Crippen LogP contribution in [0.5, 0.6) is 11.5 Å². The summed E-state index contributed by atoms with van der Waals surface area (Å²) in [5, 5.41) is 14.1. The standard InChI is InChI=1S/C22H24FN3O4/c1-14(2)20(26-22(28)30-19-10-6-17(23)7-11-19)21(27)25-15(3)13-29-18-8-4-16(12-24)5-9-18/h4-11,14-15,20H,13H2,1-3H3,(H,25,27)(H,26,28)/t15?,20-/m0/s1. The van der Waals surface area contributed by atoms with E-state index >= 15 is 0 Å². The Morgan fingerprint density at radius 2 is 1.60 bits per heavy atom. The number of carbonyl (C=O) groups is 2. The van der Waals surface area contributed by atoms with Crippen LogP contribution < -0.4 is 20.1 Å². The Morgan fingerprint density at radius 1 is 1.00 bits per heavy atom. The van der Waals surface area contributed by atoms with Crippen molar-refractivity contribution in [3.05, 3.63) is 59.9 Å². The van der Waals surface area contributed by atoms with E-state index in [-0.39, 0.29) is 30.2 Å². The fourth-order valence-electron chi connectivity index (χ4n) is 2.52. The van der Waals surface area contributed by atoms with Crippen LogP contribution in [0.3, 0.4) is 0 Å². The highest BCUT2D eigenvalue weighted by Gasteiger charge is 2.26. The molecule has 2 N–H and O–H groups in total. The average molecular weight is 413 g/mol. The van der Waals surface area contributed by atoms with Crippen molar-refractivity contribution in [2.24, 2.45) is 5.92 Å². The zero-order valence-corrected chi connectivity index (χ0v) is 17.0. The summed E-state index contributed by atoms with van der Waals surface area (Å²) in [7, 11) is 0. The topological polar surface area (TPSA) is 100 Å². The van der Waals surface area contributed by atoms with Crippen molar-refractivity contribution in [2.75, 3.05) is 6.61 Å². The third-order valence-electron chi connectivity index (χ3n) is 4.12. The molecule has 0 bridgehead atoms. The summed E-state index contributed by atoms with van der Waals surface area (Å²) >= 11 is 0. The Hall–Kier alpha value is -3.60. The number of amides is 2. The quantitative estimate of drug-likeness (QED) is 0.691. The van der Waals surface area contributed by atoms with Crippen LogP contribution in [-0.4, -0.2) is 30.7 Å². The van der Waals surface area contributed by atoms with Gasteiger partial charge >= 0.3 is 6.09 Å². The minimum Gasteiger partial charge on any atom is -0.491 e. The van der Waals surface area contributed by atoms with Gasteiger partial charge in [-0.2, -0.15) is 5.26 Å². The van der Waals surface area contributed by atoms with E-state index in [0.29, 0.717) is 11.3 Å². The Kier molecular flexibility index (Phi) is 8.18. The molecule has 0 aliphatic rings. The Labute approximate surface area is 174 Å². The highest BCUT2D eigenvalue weighted by Crippen LogP contribution is 2.13. The summed E-state index contributed by atoms with van der Waals surface area (Å²) in [6.45, 7) is 5.57. The lowest BCUT2D eigenvalue weighted by Crippen LogP contribution is -2.53. The van der Waals surface area contributed by atoms with Gasteiger partial charge in [0.2, 0.25) is 5.91 Å². The highest BCUT2D eigenvalue weighted by molar-refractivity contribution is 5.86. The summed E-state index contributed by atoms with van der Waals surface area (Å²) in [5.41, 5.74) is 0.530. The summed E-state index contributed by atoms with van der Waals surface area (Å²) in [4.78, 5) is 24.7. The Bertz CT molecular complexity index is 892. The molecular formula is C22H24FN3O4. The fraction of sp³-hybridized carbons (Fsp3) is 0.318. The summed E-state index contributed by atoms with van der Waals surface area (Å²) in [6, 6.07) is 12.5. The number of benzene rings is 2. The number of carbonyl (C=O) groups excluding carboxylic acids is 2. The van der Waals surface area contributed by atoms with E-state index in [4.69, 9.17) is 14.7 Å². The number of hydrogen-bond donors (Lipinski definition) is 2. The van der Waals surface area contributed by atoms with Gasteiger partial charge < -0.3 is 20.1 Å². The maximum atomic E-state index is 12.9. The molecule has 8 heteroatoms. The molecule has 158 valence electrons. The number of nitriles is 1. The normalized spacial score (nSPS) is 12.4. The molecular weight excluding hydrogens is 389 g/mol. The monoisotopic (exact) mass is 413 g/mol. The summed E-state index contributed by atoms with van der Waals surface area (Å²) in [5.74, 6) is -0.272. The van der Waals surface area contributed by atoms with Crippen LogP contribution in [0.15, 0.2) is 48.5 Å². The fourth-order valence-corrected chi connectivity index (χ4v) is 2.52. The number of hydrogen-bond acceptors (Lipinski definition) is 5. The van der Waals surface area contributed by atoms with Crippen molar-refractivity contribution < 1.29 is 23.5 Å². The van der Waals surface area contributed by atoms with E-state index in [1.54, 1.807) is 45.0 Å². The first-order valence-electron chi connectivity index (χ1n) is 9.45. The lowest BCUT2D eigenvalue weighted by Gasteiger charge is -2.23. The molecule has 30 heavy (non-hydrogen) atoms. The van der Waals surface area contributed by atoms with Crippen LogP contribution in [0, 0.1) is 23.1 Å². The molecule has 0 spiro atoms. The van der Waals surface area contributed by atoms with Gasteiger partial charge in [-0.1, -0.05) is 13.8 Å². The molecule has 7 nitrogen and oxygen atoms in total. The largest absolute Gasteiger partial charge is 0.491 e. The van der Waals surface area contributed by atoms with E-state index in [1.165, 1.54) is 24.3 Å². The van der Waals surface area contributed by atoms with Gasteiger partial charge in [0.25, 0.3) is 0 Å². The average Bonchev–Trinajstić information content (AvgIpc) is 2.72. The lowest BCUT2D eigenvalue weighted by molar-refractivity contribution is -0.124.